The topological polar surface area (TPSA) is 94.2 Å². The van der Waals surface area contributed by atoms with E-state index >= 15 is 0 Å². The zero-order valence-corrected chi connectivity index (χ0v) is 20.9. The lowest BCUT2D eigenvalue weighted by Crippen LogP contribution is -2.47. The van der Waals surface area contributed by atoms with Crippen LogP contribution in [-0.2, 0) is 37.4 Å². The predicted octanol–water partition coefficient (Wildman–Crippen LogP) is 2.36. The van der Waals surface area contributed by atoms with Crippen LogP contribution in [0.3, 0.4) is 0 Å². The minimum Gasteiger partial charge on any atom is -0.377 e. The molecule has 0 saturated heterocycles. The minimum absolute atomic E-state index is 0. The van der Waals surface area contributed by atoms with Crippen molar-refractivity contribution in [3.05, 3.63) is 65.5 Å². The van der Waals surface area contributed by atoms with Crippen molar-refractivity contribution >= 4 is 29.9 Å². The summed E-state index contributed by atoms with van der Waals surface area (Å²) in [6, 6.07) is 10.6. The number of nitrogens with one attached hydrogen (secondary N) is 2. The van der Waals surface area contributed by atoms with Gasteiger partial charge in [0.05, 0.1) is 19.6 Å². The second kappa shape index (κ2) is 12.0. The van der Waals surface area contributed by atoms with Crippen LogP contribution in [0, 0.1) is 0 Å². The molecule has 10 heteroatoms. The lowest BCUT2D eigenvalue weighted by molar-refractivity contribution is 0.177. The van der Waals surface area contributed by atoms with Gasteiger partial charge in [0.1, 0.15) is 12.4 Å². The van der Waals surface area contributed by atoms with E-state index in [4.69, 9.17) is 9.73 Å². The molecule has 172 valence electrons. The number of rotatable bonds is 8. The summed E-state index contributed by atoms with van der Waals surface area (Å²) in [5.41, 5.74) is 2.42. The summed E-state index contributed by atoms with van der Waals surface area (Å²) in [6.45, 7) is 5.44. The van der Waals surface area contributed by atoms with Crippen LogP contribution in [0.5, 0.6) is 0 Å². The lowest BCUT2D eigenvalue weighted by Gasteiger charge is -2.25. The van der Waals surface area contributed by atoms with Crippen LogP contribution in [0.2, 0.25) is 0 Å². The van der Waals surface area contributed by atoms with Crippen LogP contribution >= 0.6 is 24.0 Å². The molecule has 32 heavy (non-hydrogen) atoms. The van der Waals surface area contributed by atoms with Crippen LogP contribution in [0.25, 0.3) is 0 Å². The Hall–Kier alpha value is -2.47. The Labute approximate surface area is 205 Å². The van der Waals surface area contributed by atoms with Gasteiger partial charge >= 0.3 is 0 Å². The van der Waals surface area contributed by atoms with Gasteiger partial charge in [-0.3, -0.25) is 4.68 Å². The summed E-state index contributed by atoms with van der Waals surface area (Å²) in [6.07, 6.45) is 5.66. The first-order chi connectivity index (χ1) is 15.2. The molecule has 0 bridgehead atoms. The van der Waals surface area contributed by atoms with Crippen molar-refractivity contribution in [2.45, 2.75) is 52.0 Å². The Morgan fingerprint density at radius 3 is 2.84 bits per heavy atom. The number of aryl methyl sites for hydroxylation is 1. The molecule has 0 aliphatic carbocycles. The SMILES string of the molecule is CCNC(=NCc1ccccc1Cn1cccn1)NC1CCc2nc(COC)nn2C1.I. The summed E-state index contributed by atoms with van der Waals surface area (Å²) < 4.78 is 9.07. The van der Waals surface area contributed by atoms with E-state index < -0.39 is 0 Å². The Kier molecular flexibility index (Phi) is 9.03. The third-order valence-corrected chi connectivity index (χ3v) is 5.28. The summed E-state index contributed by atoms with van der Waals surface area (Å²) in [5, 5.41) is 15.8. The van der Waals surface area contributed by atoms with Gasteiger partial charge in [0.15, 0.2) is 11.8 Å². The fourth-order valence-electron chi connectivity index (χ4n) is 3.78. The number of aromatic nitrogens is 5. The second-order valence-electron chi connectivity index (χ2n) is 7.61. The maximum absolute atomic E-state index is 5.16. The Balaban J connectivity index is 0.00000289. The summed E-state index contributed by atoms with van der Waals surface area (Å²) >= 11 is 0. The van der Waals surface area contributed by atoms with E-state index in [-0.39, 0.29) is 30.0 Å². The molecular formula is C22H31IN8O. The number of benzene rings is 1. The van der Waals surface area contributed by atoms with Gasteiger partial charge in [0, 0.05) is 38.5 Å². The van der Waals surface area contributed by atoms with Crippen molar-refractivity contribution in [1.82, 2.24) is 35.2 Å². The highest BCUT2D eigenvalue weighted by Crippen LogP contribution is 2.14. The molecule has 0 amide bonds. The zero-order valence-electron chi connectivity index (χ0n) is 18.6. The molecule has 0 radical (unpaired) electrons. The van der Waals surface area contributed by atoms with Crippen molar-refractivity contribution in [3.8, 4) is 0 Å². The molecule has 3 heterocycles. The van der Waals surface area contributed by atoms with Gasteiger partial charge < -0.3 is 15.4 Å². The van der Waals surface area contributed by atoms with Crippen molar-refractivity contribution in [3.63, 3.8) is 0 Å². The maximum Gasteiger partial charge on any atom is 0.191 e. The van der Waals surface area contributed by atoms with Crippen LogP contribution in [0.15, 0.2) is 47.7 Å². The molecule has 2 N–H and O–H groups in total. The maximum atomic E-state index is 5.16. The third kappa shape index (κ3) is 6.28. The normalized spacial score (nSPS) is 15.7. The molecule has 9 nitrogen and oxygen atoms in total. The number of fused-ring (bicyclic) bond motifs is 1. The smallest absolute Gasteiger partial charge is 0.191 e. The van der Waals surface area contributed by atoms with E-state index in [1.54, 1.807) is 13.3 Å². The quantitative estimate of drug-likeness (QED) is 0.254. The van der Waals surface area contributed by atoms with Crippen molar-refractivity contribution in [1.29, 1.82) is 0 Å². The standard InChI is InChI=1S/C22H30N8O.HI/c1-3-23-22(26-19-9-10-21-27-20(16-31-2)28-30(21)15-19)24-13-17-7-4-5-8-18(17)14-29-12-6-11-25-29;/h4-8,11-12,19H,3,9-10,13-16H2,1-2H3,(H2,23,24,26);1H. The van der Waals surface area contributed by atoms with Crippen LogP contribution in [0.1, 0.15) is 36.1 Å². The lowest BCUT2D eigenvalue weighted by atomic mass is 10.1. The third-order valence-electron chi connectivity index (χ3n) is 5.28. The Bertz CT molecular complexity index is 1000. The Morgan fingerprint density at radius 1 is 1.25 bits per heavy atom. The van der Waals surface area contributed by atoms with Crippen molar-refractivity contribution < 1.29 is 4.74 Å². The summed E-state index contributed by atoms with van der Waals surface area (Å²) in [7, 11) is 1.66. The molecule has 1 atom stereocenters. The number of guanidine groups is 1. The number of halogens is 1. The molecule has 4 rings (SSSR count). The fourth-order valence-corrected chi connectivity index (χ4v) is 3.78. The van der Waals surface area contributed by atoms with Gasteiger partial charge in [-0.25, -0.2) is 14.7 Å². The first kappa shape index (κ1) is 24.2. The van der Waals surface area contributed by atoms with E-state index in [1.807, 2.05) is 21.6 Å². The first-order valence-electron chi connectivity index (χ1n) is 10.8. The van der Waals surface area contributed by atoms with E-state index in [0.717, 1.165) is 50.1 Å². The highest BCUT2D eigenvalue weighted by atomic mass is 127. The average Bonchev–Trinajstić information content (AvgIpc) is 3.42. The van der Waals surface area contributed by atoms with Crippen LogP contribution in [0.4, 0.5) is 0 Å². The average molecular weight is 550 g/mol. The van der Waals surface area contributed by atoms with Crippen molar-refractivity contribution in [2.75, 3.05) is 13.7 Å². The monoisotopic (exact) mass is 550 g/mol. The second-order valence-corrected chi connectivity index (χ2v) is 7.61. The molecular weight excluding hydrogens is 519 g/mol. The van der Waals surface area contributed by atoms with Gasteiger partial charge in [0.25, 0.3) is 0 Å². The molecule has 0 fully saturated rings. The highest BCUT2D eigenvalue weighted by Gasteiger charge is 2.22. The fraction of sp³-hybridized carbons (Fsp3) is 0.455. The van der Waals surface area contributed by atoms with Gasteiger partial charge in [0.2, 0.25) is 0 Å². The molecule has 2 aromatic heterocycles. The molecule has 1 aliphatic heterocycles. The molecule has 3 aromatic rings. The summed E-state index contributed by atoms with van der Waals surface area (Å²) in [5.74, 6) is 2.59. The van der Waals surface area contributed by atoms with Gasteiger partial charge in [-0.05, 0) is 30.5 Å². The van der Waals surface area contributed by atoms with E-state index in [9.17, 15) is 0 Å². The number of nitrogens with zero attached hydrogens (tertiary/aromatic N) is 6. The predicted molar refractivity (Wildman–Crippen MR) is 134 cm³/mol. The van der Waals surface area contributed by atoms with Gasteiger partial charge in [-0.2, -0.15) is 10.2 Å². The molecule has 1 aromatic carbocycles. The van der Waals surface area contributed by atoms with Gasteiger partial charge in [-0.15, -0.1) is 24.0 Å². The van der Waals surface area contributed by atoms with E-state index in [0.29, 0.717) is 13.2 Å². The number of aliphatic imine (C=N–C) groups is 1. The number of hydrogen-bond acceptors (Lipinski definition) is 5. The highest BCUT2D eigenvalue weighted by molar-refractivity contribution is 14.0. The molecule has 1 unspecified atom stereocenters. The zero-order chi connectivity index (χ0) is 21.5. The minimum atomic E-state index is 0. The van der Waals surface area contributed by atoms with Crippen molar-refractivity contribution in [2.24, 2.45) is 4.99 Å². The van der Waals surface area contributed by atoms with E-state index in [1.165, 1.54) is 11.1 Å². The van der Waals surface area contributed by atoms with Gasteiger partial charge in [-0.1, -0.05) is 24.3 Å². The van der Waals surface area contributed by atoms with E-state index in [2.05, 4.69) is 57.0 Å². The molecule has 1 aliphatic rings. The van der Waals surface area contributed by atoms with Crippen LogP contribution in [-0.4, -0.2) is 50.2 Å². The summed E-state index contributed by atoms with van der Waals surface area (Å²) in [4.78, 5) is 9.41. The number of hydrogen-bond donors (Lipinski definition) is 2. The molecule has 0 spiro atoms. The molecule has 0 saturated carbocycles. The number of methoxy groups -OCH3 is 1. The van der Waals surface area contributed by atoms with Crippen LogP contribution < -0.4 is 10.6 Å². The first-order valence-corrected chi connectivity index (χ1v) is 10.8. The Morgan fingerprint density at radius 2 is 2.09 bits per heavy atom. The number of ether oxygens (including phenoxy) is 1. The largest absolute Gasteiger partial charge is 0.377 e.